The molecule has 0 radical (unpaired) electrons. The van der Waals surface area contributed by atoms with Gasteiger partial charge in [-0.05, 0) is 30.2 Å². The summed E-state index contributed by atoms with van der Waals surface area (Å²) in [5.41, 5.74) is 2.71. The van der Waals surface area contributed by atoms with Crippen LogP contribution in [0.25, 0.3) is 0 Å². The van der Waals surface area contributed by atoms with E-state index < -0.39 is 0 Å². The molecule has 0 unspecified atom stereocenters. The van der Waals surface area contributed by atoms with Crippen molar-refractivity contribution in [3.8, 4) is 0 Å². The number of benzene rings is 1. The Morgan fingerprint density at radius 1 is 1.00 bits per heavy atom. The van der Waals surface area contributed by atoms with Crippen molar-refractivity contribution in [1.29, 1.82) is 0 Å². The predicted molar refractivity (Wildman–Crippen MR) is 68.8 cm³/mol. The third kappa shape index (κ3) is 2.08. The van der Waals surface area contributed by atoms with Gasteiger partial charge in [-0.1, -0.05) is 36.4 Å². The molecule has 0 aliphatic carbocycles. The first-order chi connectivity index (χ1) is 8.45. The summed E-state index contributed by atoms with van der Waals surface area (Å²) >= 11 is 0. The van der Waals surface area contributed by atoms with E-state index in [0.717, 1.165) is 6.54 Å². The molecular formula is C15H16N2. The molecule has 2 atom stereocenters. The molecule has 1 aromatic carbocycles. The molecule has 2 nitrogen and oxygen atoms in total. The molecule has 1 aromatic heterocycles. The molecule has 0 saturated carbocycles. The minimum atomic E-state index is 0.431. The molecule has 17 heavy (non-hydrogen) atoms. The molecule has 2 heterocycles. The molecule has 1 fully saturated rings. The minimum absolute atomic E-state index is 0.431. The first-order valence-electron chi connectivity index (χ1n) is 6.13. The topological polar surface area (TPSA) is 24.9 Å². The zero-order valence-corrected chi connectivity index (χ0v) is 9.71. The Kier molecular flexibility index (Phi) is 2.88. The predicted octanol–water partition coefficient (Wildman–Crippen LogP) is 2.90. The Hall–Kier alpha value is -1.67. The first kappa shape index (κ1) is 10.5. The highest BCUT2D eigenvalue weighted by atomic mass is 15.0. The van der Waals surface area contributed by atoms with E-state index in [1.54, 1.807) is 0 Å². The molecule has 1 saturated heterocycles. The lowest BCUT2D eigenvalue weighted by Gasteiger charge is -2.20. The van der Waals surface area contributed by atoms with E-state index in [2.05, 4.69) is 46.7 Å². The van der Waals surface area contributed by atoms with E-state index in [1.807, 2.05) is 18.5 Å². The van der Waals surface area contributed by atoms with Gasteiger partial charge in [-0.3, -0.25) is 4.98 Å². The summed E-state index contributed by atoms with van der Waals surface area (Å²) in [5.74, 6) is 0.547. The van der Waals surface area contributed by atoms with E-state index in [-0.39, 0.29) is 0 Å². The van der Waals surface area contributed by atoms with Crippen LogP contribution in [0.5, 0.6) is 0 Å². The van der Waals surface area contributed by atoms with Crippen LogP contribution in [0.3, 0.4) is 0 Å². The van der Waals surface area contributed by atoms with Gasteiger partial charge in [0.15, 0.2) is 0 Å². The summed E-state index contributed by atoms with van der Waals surface area (Å²) in [6, 6.07) is 15.3. The van der Waals surface area contributed by atoms with E-state index in [4.69, 9.17) is 0 Å². The quantitative estimate of drug-likeness (QED) is 0.848. The van der Waals surface area contributed by atoms with Crippen LogP contribution >= 0.6 is 0 Å². The van der Waals surface area contributed by atoms with E-state index in [0.29, 0.717) is 12.0 Å². The maximum Gasteiger partial charge on any atom is 0.0390 e. The van der Waals surface area contributed by atoms with Gasteiger partial charge in [-0.25, -0.2) is 0 Å². The molecule has 1 aliphatic rings. The second-order valence-corrected chi connectivity index (χ2v) is 4.52. The Balaban J connectivity index is 1.91. The van der Waals surface area contributed by atoms with Crippen molar-refractivity contribution in [2.75, 3.05) is 6.54 Å². The van der Waals surface area contributed by atoms with E-state index >= 15 is 0 Å². The van der Waals surface area contributed by atoms with Gasteiger partial charge >= 0.3 is 0 Å². The normalized spacial score (nSPS) is 23.8. The maximum absolute atomic E-state index is 4.23. The van der Waals surface area contributed by atoms with Gasteiger partial charge in [-0.15, -0.1) is 0 Å². The highest BCUT2D eigenvalue weighted by molar-refractivity contribution is 5.28. The molecule has 0 amide bonds. The largest absolute Gasteiger partial charge is 0.309 e. The van der Waals surface area contributed by atoms with Crippen LogP contribution in [-0.4, -0.2) is 11.5 Å². The summed E-state index contributed by atoms with van der Waals surface area (Å²) in [7, 11) is 0. The van der Waals surface area contributed by atoms with Crippen molar-refractivity contribution in [2.45, 2.75) is 18.4 Å². The third-order valence-electron chi connectivity index (χ3n) is 3.49. The van der Waals surface area contributed by atoms with Crippen LogP contribution < -0.4 is 5.32 Å². The average Bonchev–Trinajstić information content (AvgIpc) is 2.90. The molecule has 1 aliphatic heterocycles. The van der Waals surface area contributed by atoms with Crippen molar-refractivity contribution < 1.29 is 0 Å². The average molecular weight is 224 g/mol. The van der Waals surface area contributed by atoms with Gasteiger partial charge in [0.05, 0.1) is 0 Å². The second kappa shape index (κ2) is 4.68. The highest BCUT2D eigenvalue weighted by Crippen LogP contribution is 2.36. The Labute approximate surface area is 102 Å². The molecule has 2 aromatic rings. The Bertz CT molecular complexity index is 421. The first-order valence-corrected chi connectivity index (χ1v) is 6.13. The van der Waals surface area contributed by atoms with E-state index in [9.17, 15) is 0 Å². The molecule has 0 spiro atoms. The zero-order valence-electron chi connectivity index (χ0n) is 9.71. The lowest BCUT2D eigenvalue weighted by atomic mass is 9.89. The van der Waals surface area contributed by atoms with Gasteiger partial charge in [-0.2, -0.15) is 0 Å². The van der Waals surface area contributed by atoms with Gasteiger partial charge in [0.25, 0.3) is 0 Å². The lowest BCUT2D eigenvalue weighted by Crippen LogP contribution is -2.16. The molecule has 3 rings (SSSR count). The van der Waals surface area contributed by atoms with Crippen molar-refractivity contribution >= 4 is 0 Å². The summed E-state index contributed by atoms with van der Waals surface area (Å²) in [4.78, 5) is 4.23. The molecular weight excluding hydrogens is 208 g/mol. The Morgan fingerprint density at radius 2 is 1.82 bits per heavy atom. The fourth-order valence-corrected chi connectivity index (χ4v) is 2.67. The molecule has 1 N–H and O–H groups in total. The van der Waals surface area contributed by atoms with Crippen molar-refractivity contribution in [3.05, 3.63) is 66.0 Å². The van der Waals surface area contributed by atoms with E-state index in [1.165, 1.54) is 17.5 Å². The van der Waals surface area contributed by atoms with Crippen LogP contribution in [0.1, 0.15) is 29.5 Å². The molecule has 86 valence electrons. The summed E-state index contributed by atoms with van der Waals surface area (Å²) in [6.45, 7) is 1.08. The highest BCUT2D eigenvalue weighted by Gasteiger charge is 2.29. The smallest absolute Gasteiger partial charge is 0.0390 e. The van der Waals surface area contributed by atoms with Crippen LogP contribution in [-0.2, 0) is 0 Å². The summed E-state index contributed by atoms with van der Waals surface area (Å²) in [6.07, 6.45) is 5.02. The number of pyridine rings is 1. The van der Waals surface area contributed by atoms with Crippen LogP contribution in [0.15, 0.2) is 54.9 Å². The van der Waals surface area contributed by atoms with Gasteiger partial charge in [0.2, 0.25) is 0 Å². The number of hydrogen-bond acceptors (Lipinski definition) is 2. The fraction of sp³-hybridized carbons (Fsp3) is 0.267. The summed E-state index contributed by atoms with van der Waals surface area (Å²) in [5, 5.41) is 3.59. The van der Waals surface area contributed by atoms with Crippen molar-refractivity contribution in [1.82, 2.24) is 10.3 Å². The van der Waals surface area contributed by atoms with Gasteiger partial charge < -0.3 is 5.32 Å². The molecule has 2 heteroatoms. The zero-order chi connectivity index (χ0) is 11.5. The fourth-order valence-electron chi connectivity index (χ4n) is 2.67. The van der Waals surface area contributed by atoms with Crippen molar-refractivity contribution in [3.63, 3.8) is 0 Å². The number of nitrogens with one attached hydrogen (secondary N) is 1. The maximum atomic E-state index is 4.23. The van der Waals surface area contributed by atoms with Crippen LogP contribution in [0, 0.1) is 0 Å². The van der Waals surface area contributed by atoms with Crippen LogP contribution in [0.2, 0.25) is 0 Å². The van der Waals surface area contributed by atoms with Crippen molar-refractivity contribution in [2.24, 2.45) is 0 Å². The standard InChI is InChI=1S/C15H16N2/c1-2-5-12(6-3-1)15-14(8-10-17-15)13-7-4-9-16-11-13/h1-7,9,11,14-15,17H,8,10H2/t14-,15-/m1/s1. The lowest BCUT2D eigenvalue weighted by molar-refractivity contribution is 0.576. The minimum Gasteiger partial charge on any atom is -0.309 e. The van der Waals surface area contributed by atoms with Gasteiger partial charge in [0.1, 0.15) is 0 Å². The SMILES string of the molecule is c1ccc([C@H]2NCC[C@@H]2c2cccnc2)cc1. The molecule has 0 bridgehead atoms. The second-order valence-electron chi connectivity index (χ2n) is 4.52. The number of nitrogens with zero attached hydrogens (tertiary/aromatic N) is 1. The monoisotopic (exact) mass is 224 g/mol. The van der Waals surface area contributed by atoms with Crippen LogP contribution in [0.4, 0.5) is 0 Å². The summed E-state index contributed by atoms with van der Waals surface area (Å²) < 4.78 is 0. The number of aromatic nitrogens is 1. The Morgan fingerprint density at radius 3 is 2.59 bits per heavy atom. The number of hydrogen-bond donors (Lipinski definition) is 1. The van der Waals surface area contributed by atoms with Gasteiger partial charge in [0, 0.05) is 24.4 Å². The third-order valence-corrected chi connectivity index (χ3v) is 3.49. The number of rotatable bonds is 2.